The maximum atomic E-state index is 11.1. The molecule has 0 fully saturated rings. The van der Waals surface area contributed by atoms with Gasteiger partial charge in [-0.15, -0.1) is 0 Å². The highest BCUT2D eigenvalue weighted by Crippen LogP contribution is 2.21. The summed E-state index contributed by atoms with van der Waals surface area (Å²) in [6.45, 7) is 0. The summed E-state index contributed by atoms with van der Waals surface area (Å²) < 4.78 is 22.2. The Kier molecular flexibility index (Phi) is 2.13. The Morgan fingerprint density at radius 3 is 2.57 bits per heavy atom. The van der Waals surface area contributed by atoms with Crippen LogP contribution in [0.3, 0.4) is 0 Å². The van der Waals surface area contributed by atoms with Gasteiger partial charge in [0.2, 0.25) is 0 Å². The maximum Gasteiger partial charge on any atom is 0.279 e. The molecule has 0 saturated carbocycles. The van der Waals surface area contributed by atoms with Gasteiger partial charge in [-0.1, -0.05) is 12.1 Å². The fourth-order valence-electron chi connectivity index (χ4n) is 1.17. The fourth-order valence-corrected chi connectivity index (χ4v) is 2.15. The third kappa shape index (κ3) is 1.56. The normalized spacial score (nSPS) is 11.8. The van der Waals surface area contributed by atoms with E-state index in [1.54, 1.807) is 24.3 Å². The van der Waals surface area contributed by atoms with Crippen LogP contribution in [-0.2, 0) is 9.05 Å². The fraction of sp³-hybridized carbons (Fsp3) is 0. The number of benzene rings is 1. The van der Waals surface area contributed by atoms with E-state index in [9.17, 15) is 8.42 Å². The van der Waals surface area contributed by atoms with Crippen molar-refractivity contribution in [3.8, 4) is 0 Å². The van der Waals surface area contributed by atoms with Gasteiger partial charge in [0.25, 0.3) is 9.05 Å². The number of nitrogens with zero attached hydrogens (tertiary/aromatic N) is 2. The Morgan fingerprint density at radius 1 is 1.14 bits per heavy atom. The van der Waals surface area contributed by atoms with Crippen molar-refractivity contribution in [2.75, 3.05) is 0 Å². The van der Waals surface area contributed by atoms with Crippen molar-refractivity contribution < 1.29 is 8.42 Å². The van der Waals surface area contributed by atoms with Crippen LogP contribution in [0.2, 0.25) is 0 Å². The molecule has 0 radical (unpaired) electrons. The Labute approximate surface area is 85.0 Å². The van der Waals surface area contributed by atoms with Gasteiger partial charge in [-0.25, -0.2) is 18.4 Å². The zero-order valence-corrected chi connectivity index (χ0v) is 8.46. The number of halogens is 1. The highest BCUT2D eigenvalue weighted by Gasteiger charge is 2.15. The van der Waals surface area contributed by atoms with Gasteiger partial charge >= 0.3 is 0 Å². The number of rotatable bonds is 1. The van der Waals surface area contributed by atoms with E-state index in [2.05, 4.69) is 9.97 Å². The number of fused-ring (bicyclic) bond motifs is 1. The summed E-state index contributed by atoms with van der Waals surface area (Å²) in [7, 11) is 1.41. The zero-order chi connectivity index (χ0) is 10.2. The van der Waals surface area contributed by atoms with E-state index in [0.29, 0.717) is 10.9 Å². The predicted molar refractivity (Wildman–Crippen MR) is 52.6 cm³/mol. The molecule has 0 aliphatic carbocycles. The molecule has 1 aromatic heterocycles. The predicted octanol–water partition coefficient (Wildman–Crippen LogP) is 1.56. The summed E-state index contributed by atoms with van der Waals surface area (Å²) in [5.74, 6) is 0. The molecule has 6 heteroatoms. The topological polar surface area (TPSA) is 59.9 Å². The average Bonchev–Trinajstić information content (AvgIpc) is 2.15. The minimum absolute atomic E-state index is 0.148. The minimum Gasteiger partial charge on any atom is -0.236 e. The molecule has 0 aliphatic rings. The Balaban J connectivity index is 2.92. The Hall–Kier alpha value is -1.20. The molecule has 14 heavy (non-hydrogen) atoms. The van der Waals surface area contributed by atoms with Crippen LogP contribution in [-0.4, -0.2) is 18.4 Å². The van der Waals surface area contributed by atoms with Gasteiger partial charge in [-0.05, 0) is 12.1 Å². The zero-order valence-electron chi connectivity index (χ0n) is 6.88. The molecule has 0 atom stereocenters. The van der Waals surface area contributed by atoms with Crippen molar-refractivity contribution >= 4 is 30.6 Å². The second-order valence-corrected chi connectivity index (χ2v) is 5.12. The Morgan fingerprint density at radius 2 is 1.86 bits per heavy atom. The number of aromatic nitrogens is 2. The molecule has 1 aromatic carbocycles. The lowest BCUT2D eigenvalue weighted by molar-refractivity contribution is 0.607. The largest absolute Gasteiger partial charge is 0.279 e. The standard InChI is InChI=1S/C8H5ClN2O2S/c9-14(12,13)8-6-3-1-2-4-7(6)10-5-11-8/h1-5H. The van der Waals surface area contributed by atoms with Gasteiger partial charge in [-0.2, -0.15) is 0 Å². The van der Waals surface area contributed by atoms with E-state index < -0.39 is 9.05 Å². The van der Waals surface area contributed by atoms with Gasteiger partial charge in [0.1, 0.15) is 6.33 Å². The minimum atomic E-state index is -3.81. The molecule has 1 heterocycles. The Bertz CT molecular complexity index is 577. The van der Waals surface area contributed by atoms with Crippen LogP contribution in [0, 0.1) is 0 Å². The summed E-state index contributed by atoms with van der Waals surface area (Å²) in [4.78, 5) is 7.57. The van der Waals surface area contributed by atoms with Crippen molar-refractivity contribution in [3.63, 3.8) is 0 Å². The summed E-state index contributed by atoms with van der Waals surface area (Å²) in [5.41, 5.74) is 0.557. The lowest BCUT2D eigenvalue weighted by atomic mass is 10.2. The first-order valence-electron chi connectivity index (χ1n) is 3.73. The van der Waals surface area contributed by atoms with E-state index in [1.165, 1.54) is 6.33 Å². The van der Waals surface area contributed by atoms with E-state index in [1.807, 2.05) is 0 Å². The lowest BCUT2D eigenvalue weighted by Gasteiger charge is -1.99. The second kappa shape index (κ2) is 3.18. The molecule has 4 nitrogen and oxygen atoms in total. The van der Waals surface area contributed by atoms with Crippen molar-refractivity contribution in [3.05, 3.63) is 30.6 Å². The first kappa shape index (κ1) is 9.36. The summed E-state index contributed by atoms with van der Waals surface area (Å²) >= 11 is 0. The van der Waals surface area contributed by atoms with Crippen molar-refractivity contribution in [1.29, 1.82) is 0 Å². The molecule has 0 aliphatic heterocycles. The molecule has 0 bridgehead atoms. The van der Waals surface area contributed by atoms with Crippen molar-refractivity contribution in [2.45, 2.75) is 5.03 Å². The van der Waals surface area contributed by atoms with Gasteiger partial charge in [0, 0.05) is 16.1 Å². The van der Waals surface area contributed by atoms with Gasteiger partial charge in [0.05, 0.1) is 5.52 Å². The van der Waals surface area contributed by atoms with E-state index in [0.717, 1.165) is 0 Å². The van der Waals surface area contributed by atoms with Gasteiger partial charge in [0.15, 0.2) is 5.03 Å². The summed E-state index contributed by atoms with van der Waals surface area (Å²) in [6.07, 6.45) is 1.18. The number of para-hydroxylation sites is 1. The molecular formula is C8H5ClN2O2S. The van der Waals surface area contributed by atoms with E-state index in [-0.39, 0.29) is 5.03 Å². The van der Waals surface area contributed by atoms with Crippen LogP contribution in [0.25, 0.3) is 10.9 Å². The first-order valence-corrected chi connectivity index (χ1v) is 6.04. The van der Waals surface area contributed by atoms with Crippen LogP contribution in [0.15, 0.2) is 35.6 Å². The highest BCUT2D eigenvalue weighted by molar-refractivity contribution is 8.13. The smallest absolute Gasteiger partial charge is 0.236 e. The molecule has 0 spiro atoms. The second-order valence-electron chi connectivity index (χ2n) is 2.63. The molecule has 0 amide bonds. The van der Waals surface area contributed by atoms with Crippen LogP contribution < -0.4 is 0 Å². The SMILES string of the molecule is O=S(=O)(Cl)c1ncnc2ccccc12. The first-order chi connectivity index (χ1) is 6.59. The van der Waals surface area contributed by atoms with E-state index in [4.69, 9.17) is 10.7 Å². The molecular weight excluding hydrogens is 224 g/mol. The molecule has 0 saturated heterocycles. The third-order valence-corrected chi connectivity index (χ3v) is 2.96. The summed E-state index contributed by atoms with van der Waals surface area (Å²) in [6, 6.07) is 6.78. The van der Waals surface area contributed by atoms with Crippen LogP contribution in [0.5, 0.6) is 0 Å². The van der Waals surface area contributed by atoms with Gasteiger partial charge in [-0.3, -0.25) is 0 Å². The van der Waals surface area contributed by atoms with Crippen LogP contribution in [0.1, 0.15) is 0 Å². The average molecular weight is 229 g/mol. The monoisotopic (exact) mass is 228 g/mol. The number of hydrogen-bond acceptors (Lipinski definition) is 4. The molecule has 0 N–H and O–H groups in total. The van der Waals surface area contributed by atoms with Crippen LogP contribution >= 0.6 is 10.7 Å². The highest BCUT2D eigenvalue weighted by atomic mass is 35.7. The van der Waals surface area contributed by atoms with E-state index >= 15 is 0 Å². The number of hydrogen-bond donors (Lipinski definition) is 0. The quantitative estimate of drug-likeness (QED) is 0.549. The molecule has 2 aromatic rings. The van der Waals surface area contributed by atoms with Crippen LogP contribution in [0.4, 0.5) is 0 Å². The van der Waals surface area contributed by atoms with Crippen molar-refractivity contribution in [2.24, 2.45) is 0 Å². The van der Waals surface area contributed by atoms with Crippen molar-refractivity contribution in [1.82, 2.24) is 9.97 Å². The van der Waals surface area contributed by atoms with Gasteiger partial charge < -0.3 is 0 Å². The molecule has 0 unspecified atom stereocenters. The maximum absolute atomic E-state index is 11.1. The molecule has 2 rings (SSSR count). The molecule has 72 valence electrons. The summed E-state index contributed by atoms with van der Waals surface area (Å²) in [5, 5.41) is 0.287. The lowest BCUT2D eigenvalue weighted by Crippen LogP contribution is -1.97. The third-order valence-electron chi connectivity index (χ3n) is 1.74.